The molecular formula is C22H23N3O4S. The first-order valence-electron chi connectivity index (χ1n) is 9.25. The van der Waals surface area contributed by atoms with Gasteiger partial charge >= 0.3 is 0 Å². The zero-order valence-electron chi connectivity index (χ0n) is 17.0. The molecule has 3 rings (SSSR count). The zero-order chi connectivity index (χ0) is 21.7. The van der Waals surface area contributed by atoms with Crippen LogP contribution in [0.1, 0.15) is 21.5 Å². The Morgan fingerprint density at radius 2 is 1.73 bits per heavy atom. The van der Waals surface area contributed by atoms with Gasteiger partial charge < -0.3 is 10.1 Å². The standard InChI is InChI=1S/C22H23N3O4S/c1-16-7-4-5-8-18(16)15-29-20-9-6-14-23-21(20)24-22(26)17-10-12-19(13-11-17)30(27,28)25(2)3/h4-14H,15H2,1-3H3,(H,23,24,26). The van der Waals surface area contributed by atoms with Crippen LogP contribution in [0.2, 0.25) is 0 Å². The first-order valence-corrected chi connectivity index (χ1v) is 10.7. The number of rotatable bonds is 7. The minimum atomic E-state index is -3.55. The van der Waals surface area contributed by atoms with E-state index in [1.165, 1.54) is 38.4 Å². The van der Waals surface area contributed by atoms with Crippen molar-refractivity contribution in [2.24, 2.45) is 0 Å². The first kappa shape index (κ1) is 21.5. The van der Waals surface area contributed by atoms with Gasteiger partial charge in [0.15, 0.2) is 11.6 Å². The summed E-state index contributed by atoms with van der Waals surface area (Å²) in [4.78, 5) is 16.9. The predicted octanol–water partition coefficient (Wildman–Crippen LogP) is 3.47. The molecule has 0 unspecified atom stereocenters. The van der Waals surface area contributed by atoms with Crippen molar-refractivity contribution in [3.8, 4) is 5.75 Å². The van der Waals surface area contributed by atoms with Crippen molar-refractivity contribution in [2.75, 3.05) is 19.4 Å². The van der Waals surface area contributed by atoms with Crippen LogP contribution in [-0.4, -0.2) is 37.7 Å². The SMILES string of the molecule is Cc1ccccc1COc1cccnc1NC(=O)c1ccc(S(=O)(=O)N(C)C)cc1. The molecule has 1 aromatic heterocycles. The van der Waals surface area contributed by atoms with E-state index in [2.05, 4.69) is 10.3 Å². The van der Waals surface area contributed by atoms with Crippen molar-refractivity contribution in [1.29, 1.82) is 0 Å². The number of amides is 1. The number of carbonyl (C=O) groups is 1. The highest BCUT2D eigenvalue weighted by Gasteiger charge is 2.18. The van der Waals surface area contributed by atoms with Crippen molar-refractivity contribution in [1.82, 2.24) is 9.29 Å². The molecule has 0 aliphatic carbocycles. The molecule has 8 heteroatoms. The van der Waals surface area contributed by atoms with Crippen molar-refractivity contribution < 1.29 is 17.9 Å². The van der Waals surface area contributed by atoms with Gasteiger partial charge in [0.2, 0.25) is 10.0 Å². The van der Waals surface area contributed by atoms with Crippen LogP contribution < -0.4 is 10.1 Å². The van der Waals surface area contributed by atoms with E-state index in [-0.39, 0.29) is 4.90 Å². The van der Waals surface area contributed by atoms with Crippen LogP contribution in [0.3, 0.4) is 0 Å². The largest absolute Gasteiger partial charge is 0.485 e. The van der Waals surface area contributed by atoms with Gasteiger partial charge in [0, 0.05) is 25.9 Å². The van der Waals surface area contributed by atoms with Crippen molar-refractivity contribution >= 4 is 21.7 Å². The Morgan fingerprint density at radius 1 is 1.03 bits per heavy atom. The number of hydrogen-bond donors (Lipinski definition) is 1. The number of anilines is 1. The van der Waals surface area contributed by atoms with Crippen molar-refractivity contribution in [2.45, 2.75) is 18.4 Å². The summed E-state index contributed by atoms with van der Waals surface area (Å²) in [7, 11) is -0.645. The van der Waals surface area contributed by atoms with Crippen LogP contribution >= 0.6 is 0 Å². The van der Waals surface area contributed by atoms with Crippen molar-refractivity contribution in [3.63, 3.8) is 0 Å². The molecule has 0 radical (unpaired) electrons. The molecular weight excluding hydrogens is 402 g/mol. The van der Waals surface area contributed by atoms with E-state index < -0.39 is 15.9 Å². The van der Waals surface area contributed by atoms with Crippen molar-refractivity contribution in [3.05, 3.63) is 83.6 Å². The molecule has 7 nitrogen and oxygen atoms in total. The lowest BCUT2D eigenvalue weighted by Gasteiger charge is -2.13. The number of nitrogens with one attached hydrogen (secondary N) is 1. The van der Waals surface area contributed by atoms with E-state index in [0.717, 1.165) is 15.4 Å². The van der Waals surface area contributed by atoms with Gasteiger partial charge in [-0.1, -0.05) is 24.3 Å². The summed E-state index contributed by atoms with van der Waals surface area (Å²) in [6.07, 6.45) is 1.56. The van der Waals surface area contributed by atoms with Crippen LogP contribution in [0, 0.1) is 6.92 Å². The van der Waals surface area contributed by atoms with Gasteiger partial charge in [0.05, 0.1) is 4.90 Å². The Bertz CT molecular complexity index is 1140. The Balaban J connectivity index is 1.74. The fourth-order valence-corrected chi connectivity index (χ4v) is 3.60. The number of nitrogens with zero attached hydrogens (tertiary/aromatic N) is 2. The van der Waals surface area contributed by atoms with Gasteiger partial charge in [-0.05, 0) is 54.4 Å². The van der Waals surface area contributed by atoms with E-state index in [4.69, 9.17) is 4.74 Å². The summed E-state index contributed by atoms with van der Waals surface area (Å²) < 4.78 is 31.3. The second-order valence-corrected chi connectivity index (χ2v) is 8.98. The number of carbonyl (C=O) groups excluding carboxylic acids is 1. The summed E-state index contributed by atoms with van der Waals surface area (Å²) in [5.41, 5.74) is 2.46. The molecule has 0 spiro atoms. The number of benzene rings is 2. The molecule has 30 heavy (non-hydrogen) atoms. The average Bonchev–Trinajstić information content (AvgIpc) is 2.74. The maximum atomic E-state index is 12.6. The molecule has 1 heterocycles. The number of hydrogen-bond acceptors (Lipinski definition) is 5. The normalized spacial score (nSPS) is 11.3. The molecule has 0 atom stereocenters. The quantitative estimate of drug-likeness (QED) is 0.626. The summed E-state index contributed by atoms with van der Waals surface area (Å²) in [6.45, 7) is 2.35. The molecule has 0 aliphatic rings. The third-order valence-corrected chi connectivity index (χ3v) is 6.37. The maximum absolute atomic E-state index is 12.6. The minimum absolute atomic E-state index is 0.115. The molecule has 0 saturated heterocycles. The predicted molar refractivity (Wildman–Crippen MR) is 115 cm³/mol. The molecule has 0 bridgehead atoms. The molecule has 0 saturated carbocycles. The van der Waals surface area contributed by atoms with Gasteiger partial charge in [-0.3, -0.25) is 4.79 Å². The monoisotopic (exact) mass is 425 g/mol. The molecule has 0 fully saturated rings. The summed E-state index contributed by atoms with van der Waals surface area (Å²) in [6, 6.07) is 17.1. The molecule has 3 aromatic rings. The van der Waals surface area contributed by atoms with Gasteiger partial charge in [-0.25, -0.2) is 17.7 Å². The summed E-state index contributed by atoms with van der Waals surface area (Å²) >= 11 is 0. The minimum Gasteiger partial charge on any atom is -0.485 e. The summed E-state index contributed by atoms with van der Waals surface area (Å²) in [5, 5.41) is 2.72. The summed E-state index contributed by atoms with van der Waals surface area (Å²) in [5.74, 6) is 0.324. The lowest BCUT2D eigenvalue weighted by atomic mass is 10.1. The van der Waals surface area contributed by atoms with E-state index in [0.29, 0.717) is 23.7 Å². The Morgan fingerprint density at radius 3 is 2.40 bits per heavy atom. The molecule has 2 aromatic carbocycles. The number of aryl methyl sites for hydroxylation is 1. The highest BCUT2D eigenvalue weighted by molar-refractivity contribution is 7.89. The number of sulfonamides is 1. The maximum Gasteiger partial charge on any atom is 0.256 e. The van der Waals surface area contributed by atoms with E-state index in [1.807, 2.05) is 31.2 Å². The fraction of sp³-hybridized carbons (Fsp3) is 0.182. The lowest BCUT2D eigenvalue weighted by molar-refractivity contribution is 0.102. The van der Waals surface area contributed by atoms with E-state index in [1.54, 1.807) is 18.3 Å². The van der Waals surface area contributed by atoms with Crippen LogP contribution in [-0.2, 0) is 16.6 Å². The van der Waals surface area contributed by atoms with Crippen LogP contribution in [0.4, 0.5) is 5.82 Å². The smallest absolute Gasteiger partial charge is 0.256 e. The highest BCUT2D eigenvalue weighted by atomic mass is 32.2. The topological polar surface area (TPSA) is 88.6 Å². The van der Waals surface area contributed by atoms with Crippen LogP contribution in [0.5, 0.6) is 5.75 Å². The second kappa shape index (κ2) is 9.06. The third kappa shape index (κ3) is 4.84. The van der Waals surface area contributed by atoms with Crippen LogP contribution in [0.15, 0.2) is 71.8 Å². The first-order chi connectivity index (χ1) is 14.3. The van der Waals surface area contributed by atoms with Gasteiger partial charge in [0.25, 0.3) is 5.91 Å². The fourth-order valence-electron chi connectivity index (χ4n) is 2.70. The number of pyridine rings is 1. The van der Waals surface area contributed by atoms with Crippen LogP contribution in [0.25, 0.3) is 0 Å². The molecule has 1 amide bonds. The molecule has 1 N–H and O–H groups in total. The third-order valence-electron chi connectivity index (χ3n) is 4.54. The lowest BCUT2D eigenvalue weighted by Crippen LogP contribution is -2.22. The Labute approximate surface area is 176 Å². The number of ether oxygens (including phenoxy) is 1. The van der Waals surface area contributed by atoms with E-state index >= 15 is 0 Å². The molecule has 156 valence electrons. The number of aromatic nitrogens is 1. The van der Waals surface area contributed by atoms with Gasteiger partial charge in [-0.15, -0.1) is 0 Å². The van der Waals surface area contributed by atoms with Gasteiger partial charge in [0.1, 0.15) is 6.61 Å². The van der Waals surface area contributed by atoms with Gasteiger partial charge in [-0.2, -0.15) is 0 Å². The zero-order valence-corrected chi connectivity index (χ0v) is 17.8. The average molecular weight is 426 g/mol. The molecule has 0 aliphatic heterocycles. The Kier molecular flexibility index (Phi) is 6.49. The second-order valence-electron chi connectivity index (χ2n) is 6.83. The van der Waals surface area contributed by atoms with E-state index in [9.17, 15) is 13.2 Å². The highest BCUT2D eigenvalue weighted by Crippen LogP contribution is 2.24. The Hall–Kier alpha value is -3.23.